The molecule has 0 spiro atoms. The van der Waals surface area contributed by atoms with Crippen molar-refractivity contribution in [3.63, 3.8) is 0 Å². The average molecular weight is 259 g/mol. The lowest BCUT2D eigenvalue weighted by Crippen LogP contribution is -2.49. The normalized spacial score (nSPS) is 23.3. The molecule has 0 aromatic rings. The summed E-state index contributed by atoms with van der Waals surface area (Å²) in [4.78, 5) is 25.2. The van der Waals surface area contributed by atoms with Crippen LogP contribution in [-0.4, -0.2) is 46.0 Å². The van der Waals surface area contributed by atoms with E-state index in [9.17, 15) is 14.7 Å². The molecule has 1 aliphatic heterocycles. The van der Waals surface area contributed by atoms with Crippen LogP contribution in [0, 0.1) is 11.3 Å². The molecule has 98 valence electrons. The molecule has 0 aromatic carbocycles. The van der Waals surface area contributed by atoms with Crippen molar-refractivity contribution in [2.75, 3.05) is 18.8 Å². The molecule has 0 aliphatic carbocycles. The lowest BCUT2D eigenvalue weighted by Gasteiger charge is -2.35. The summed E-state index contributed by atoms with van der Waals surface area (Å²) in [6.07, 6.45) is 0. The smallest absolute Gasteiger partial charge is 0.316 e. The van der Waals surface area contributed by atoms with E-state index in [1.165, 1.54) is 0 Å². The fraction of sp³-hybridized carbons (Fsp3) is 0.833. The molecule has 0 radical (unpaired) electrons. The van der Waals surface area contributed by atoms with E-state index in [4.69, 9.17) is 0 Å². The van der Waals surface area contributed by atoms with Crippen molar-refractivity contribution in [3.8, 4) is 0 Å². The van der Waals surface area contributed by atoms with Gasteiger partial charge in [0.05, 0.1) is 0 Å². The van der Waals surface area contributed by atoms with Gasteiger partial charge in [-0.2, -0.15) is 11.8 Å². The van der Waals surface area contributed by atoms with Gasteiger partial charge in [-0.3, -0.25) is 9.59 Å². The van der Waals surface area contributed by atoms with Crippen molar-refractivity contribution in [2.24, 2.45) is 11.3 Å². The number of thioether (sulfide) groups is 1. The zero-order chi connectivity index (χ0) is 13.2. The molecule has 0 bridgehead atoms. The minimum absolute atomic E-state index is 0.239. The zero-order valence-corrected chi connectivity index (χ0v) is 11.7. The molecule has 1 saturated heterocycles. The first-order valence-electron chi connectivity index (χ1n) is 5.86. The Hall–Kier alpha value is -0.710. The van der Waals surface area contributed by atoms with Gasteiger partial charge in [-0.25, -0.2) is 0 Å². The van der Waals surface area contributed by atoms with Crippen molar-refractivity contribution in [2.45, 2.75) is 32.9 Å². The number of carbonyl (C=O) groups excluding carboxylic acids is 1. The van der Waals surface area contributed by atoms with Gasteiger partial charge in [-0.1, -0.05) is 27.7 Å². The van der Waals surface area contributed by atoms with E-state index in [1.54, 1.807) is 25.7 Å². The SMILES string of the molecule is CC1CN(C(=O)C(C(=O)O)C(C)(C)C)CCS1. The lowest BCUT2D eigenvalue weighted by molar-refractivity contribution is -0.156. The van der Waals surface area contributed by atoms with Crippen molar-refractivity contribution in [1.82, 2.24) is 4.90 Å². The van der Waals surface area contributed by atoms with Crippen LogP contribution in [0.15, 0.2) is 0 Å². The van der Waals surface area contributed by atoms with E-state index in [-0.39, 0.29) is 5.91 Å². The Balaban J connectivity index is 2.81. The molecule has 2 atom stereocenters. The second kappa shape index (κ2) is 5.29. The molecule has 17 heavy (non-hydrogen) atoms. The molecule has 1 rings (SSSR count). The maximum atomic E-state index is 12.3. The number of hydrogen-bond donors (Lipinski definition) is 1. The highest BCUT2D eigenvalue weighted by Gasteiger charge is 2.40. The lowest BCUT2D eigenvalue weighted by atomic mass is 9.80. The van der Waals surface area contributed by atoms with E-state index >= 15 is 0 Å². The average Bonchev–Trinajstić information content (AvgIpc) is 2.14. The molecule has 0 aromatic heterocycles. The molecule has 4 nitrogen and oxygen atoms in total. The van der Waals surface area contributed by atoms with Crippen LogP contribution >= 0.6 is 11.8 Å². The van der Waals surface area contributed by atoms with Gasteiger partial charge in [0.1, 0.15) is 5.92 Å². The number of rotatable bonds is 2. The Morgan fingerprint density at radius 2 is 2.00 bits per heavy atom. The summed E-state index contributed by atoms with van der Waals surface area (Å²) in [5.74, 6) is -1.31. The second-order valence-electron chi connectivity index (χ2n) is 5.60. The van der Waals surface area contributed by atoms with Crippen LogP contribution in [-0.2, 0) is 9.59 Å². The van der Waals surface area contributed by atoms with Crippen molar-refractivity contribution >= 4 is 23.6 Å². The van der Waals surface area contributed by atoms with Crippen molar-refractivity contribution < 1.29 is 14.7 Å². The Morgan fingerprint density at radius 3 is 2.41 bits per heavy atom. The van der Waals surface area contributed by atoms with Gasteiger partial charge >= 0.3 is 5.97 Å². The maximum absolute atomic E-state index is 12.3. The standard InChI is InChI=1S/C12H21NO3S/c1-8-7-13(5-6-17-8)10(14)9(11(15)16)12(2,3)4/h8-9H,5-7H2,1-4H3,(H,15,16). The predicted octanol–water partition coefficient (Wildman–Crippen LogP) is 1.70. The minimum Gasteiger partial charge on any atom is -0.481 e. The van der Waals surface area contributed by atoms with Crippen LogP contribution < -0.4 is 0 Å². The summed E-state index contributed by atoms with van der Waals surface area (Å²) >= 11 is 1.83. The fourth-order valence-electron chi connectivity index (χ4n) is 2.05. The van der Waals surface area contributed by atoms with Crippen molar-refractivity contribution in [1.29, 1.82) is 0 Å². The third-order valence-corrected chi connectivity index (χ3v) is 4.05. The van der Waals surface area contributed by atoms with Gasteiger partial charge in [0, 0.05) is 24.1 Å². The van der Waals surface area contributed by atoms with Crippen LogP contribution in [0.3, 0.4) is 0 Å². The quantitative estimate of drug-likeness (QED) is 0.767. The summed E-state index contributed by atoms with van der Waals surface area (Å²) < 4.78 is 0. The molecule has 5 heteroatoms. The first-order valence-corrected chi connectivity index (χ1v) is 6.91. The molecule has 1 fully saturated rings. The summed E-state index contributed by atoms with van der Waals surface area (Å²) in [5, 5.41) is 9.61. The van der Waals surface area contributed by atoms with Gasteiger partial charge in [0.2, 0.25) is 5.91 Å². The summed E-state index contributed by atoms with van der Waals surface area (Å²) in [6, 6.07) is 0. The summed E-state index contributed by atoms with van der Waals surface area (Å²) in [7, 11) is 0. The first-order chi connectivity index (χ1) is 7.73. The number of hydrogen-bond acceptors (Lipinski definition) is 3. The van der Waals surface area contributed by atoms with Crippen molar-refractivity contribution in [3.05, 3.63) is 0 Å². The number of carboxylic acids is 1. The number of aliphatic carboxylic acids is 1. The van der Waals surface area contributed by atoms with Crippen LogP contribution in [0.2, 0.25) is 0 Å². The molecule has 1 N–H and O–H groups in total. The third-order valence-electron chi connectivity index (χ3n) is 2.91. The molecule has 1 aliphatic rings. The third kappa shape index (κ3) is 3.63. The molecular weight excluding hydrogens is 238 g/mol. The van der Waals surface area contributed by atoms with E-state index in [0.29, 0.717) is 18.3 Å². The van der Waals surface area contributed by atoms with E-state index in [0.717, 1.165) is 5.75 Å². The molecular formula is C12H21NO3S. The highest BCUT2D eigenvalue weighted by Crippen LogP contribution is 2.29. The largest absolute Gasteiger partial charge is 0.481 e. The van der Waals surface area contributed by atoms with Gasteiger partial charge in [0.15, 0.2) is 0 Å². The highest BCUT2D eigenvalue weighted by atomic mass is 32.2. The number of nitrogens with zero attached hydrogens (tertiary/aromatic N) is 1. The topological polar surface area (TPSA) is 57.6 Å². The first kappa shape index (κ1) is 14.4. The fourth-order valence-corrected chi connectivity index (χ4v) is 3.06. The molecule has 2 unspecified atom stereocenters. The van der Waals surface area contributed by atoms with Crippen LogP contribution in [0.4, 0.5) is 0 Å². The number of amides is 1. The predicted molar refractivity (Wildman–Crippen MR) is 69.1 cm³/mol. The zero-order valence-electron chi connectivity index (χ0n) is 10.9. The Kier molecular flexibility index (Phi) is 4.47. The highest BCUT2D eigenvalue weighted by molar-refractivity contribution is 7.99. The Bertz CT molecular complexity index is 311. The van der Waals surface area contributed by atoms with Crippen LogP contribution in [0.25, 0.3) is 0 Å². The van der Waals surface area contributed by atoms with Gasteiger partial charge in [0.25, 0.3) is 0 Å². The monoisotopic (exact) mass is 259 g/mol. The summed E-state index contributed by atoms with van der Waals surface area (Å²) in [6.45, 7) is 8.78. The van der Waals surface area contributed by atoms with Gasteiger partial charge in [-0.05, 0) is 5.41 Å². The number of carbonyl (C=O) groups is 2. The minimum atomic E-state index is -1.02. The van der Waals surface area contributed by atoms with E-state index in [1.807, 2.05) is 11.8 Å². The second-order valence-corrected chi connectivity index (χ2v) is 7.15. The van der Waals surface area contributed by atoms with Gasteiger partial charge in [-0.15, -0.1) is 0 Å². The van der Waals surface area contributed by atoms with Gasteiger partial charge < -0.3 is 10.0 Å². The Labute approximate surface area is 107 Å². The summed E-state index contributed by atoms with van der Waals surface area (Å²) in [5.41, 5.74) is -0.545. The molecule has 1 amide bonds. The molecule has 0 saturated carbocycles. The van der Waals surface area contributed by atoms with E-state index < -0.39 is 17.3 Å². The maximum Gasteiger partial charge on any atom is 0.316 e. The van der Waals surface area contributed by atoms with Crippen LogP contribution in [0.1, 0.15) is 27.7 Å². The van der Waals surface area contributed by atoms with E-state index in [2.05, 4.69) is 6.92 Å². The number of carboxylic acid groups (broad SMARTS) is 1. The molecule has 1 heterocycles. The van der Waals surface area contributed by atoms with Crippen LogP contribution in [0.5, 0.6) is 0 Å². The Morgan fingerprint density at radius 1 is 1.41 bits per heavy atom.